The topological polar surface area (TPSA) is 67.3 Å². The SMILES string of the molecule is OCCNCCc1cc(Oc2cccnn2)c(F)cc1F.[HH]. The van der Waals surface area contributed by atoms with Gasteiger partial charge in [0.25, 0.3) is 0 Å². The minimum Gasteiger partial charge on any atom is -0.434 e. The van der Waals surface area contributed by atoms with E-state index in [0.29, 0.717) is 25.1 Å². The maximum absolute atomic E-state index is 13.7. The van der Waals surface area contributed by atoms with Gasteiger partial charge in [0.05, 0.1) is 6.61 Å². The molecule has 0 unspecified atom stereocenters. The smallest absolute Gasteiger partial charge is 0.238 e. The third-order valence-corrected chi connectivity index (χ3v) is 2.72. The Morgan fingerprint density at radius 1 is 1.24 bits per heavy atom. The van der Waals surface area contributed by atoms with Crippen molar-refractivity contribution in [3.63, 3.8) is 0 Å². The van der Waals surface area contributed by atoms with Crippen LogP contribution < -0.4 is 10.1 Å². The van der Waals surface area contributed by atoms with E-state index in [-0.39, 0.29) is 19.7 Å². The lowest BCUT2D eigenvalue weighted by molar-refractivity contribution is 0.292. The summed E-state index contributed by atoms with van der Waals surface area (Å²) in [7, 11) is 0. The van der Waals surface area contributed by atoms with E-state index in [1.54, 1.807) is 6.07 Å². The number of ether oxygens (including phenoxy) is 1. The first-order chi connectivity index (χ1) is 10.2. The molecule has 0 aliphatic rings. The lowest BCUT2D eigenvalue weighted by Gasteiger charge is -2.09. The first kappa shape index (κ1) is 15.3. The normalized spacial score (nSPS) is 10.6. The second-order valence-corrected chi connectivity index (χ2v) is 4.26. The van der Waals surface area contributed by atoms with Gasteiger partial charge in [-0.05, 0) is 30.7 Å². The van der Waals surface area contributed by atoms with Gasteiger partial charge in [-0.3, -0.25) is 0 Å². The lowest BCUT2D eigenvalue weighted by Crippen LogP contribution is -2.21. The highest BCUT2D eigenvalue weighted by molar-refractivity contribution is 5.34. The number of hydrogen-bond acceptors (Lipinski definition) is 5. The second kappa shape index (κ2) is 7.61. The van der Waals surface area contributed by atoms with Gasteiger partial charge in [0, 0.05) is 26.3 Å². The molecule has 0 radical (unpaired) electrons. The predicted octanol–water partition coefficient (Wildman–Crippen LogP) is 1.92. The van der Waals surface area contributed by atoms with E-state index in [0.717, 1.165) is 6.07 Å². The Balaban J connectivity index is 0.00000242. The maximum atomic E-state index is 13.7. The molecule has 2 N–H and O–H groups in total. The summed E-state index contributed by atoms with van der Waals surface area (Å²) in [5.74, 6) is -1.41. The van der Waals surface area contributed by atoms with E-state index in [1.807, 2.05) is 0 Å². The van der Waals surface area contributed by atoms with Crippen molar-refractivity contribution in [2.24, 2.45) is 0 Å². The van der Waals surface area contributed by atoms with Crippen LogP contribution >= 0.6 is 0 Å². The lowest BCUT2D eigenvalue weighted by atomic mass is 10.1. The molecule has 7 heteroatoms. The molecule has 1 heterocycles. The van der Waals surface area contributed by atoms with Crippen molar-refractivity contribution in [1.82, 2.24) is 15.5 Å². The van der Waals surface area contributed by atoms with Gasteiger partial charge in [-0.1, -0.05) is 0 Å². The third kappa shape index (κ3) is 4.44. The zero-order valence-corrected chi connectivity index (χ0v) is 11.2. The third-order valence-electron chi connectivity index (χ3n) is 2.72. The monoisotopic (exact) mass is 297 g/mol. The number of nitrogens with one attached hydrogen (secondary N) is 1. The Morgan fingerprint density at radius 3 is 2.81 bits per heavy atom. The van der Waals surface area contributed by atoms with Gasteiger partial charge in [0.2, 0.25) is 5.88 Å². The van der Waals surface area contributed by atoms with E-state index in [1.165, 1.54) is 18.3 Å². The fourth-order valence-corrected chi connectivity index (χ4v) is 1.72. The van der Waals surface area contributed by atoms with Crippen LogP contribution in [-0.4, -0.2) is 35.0 Å². The summed E-state index contributed by atoms with van der Waals surface area (Å²) in [4.78, 5) is 0. The number of aliphatic hydroxyl groups excluding tert-OH is 1. The summed E-state index contributed by atoms with van der Waals surface area (Å²) in [6.45, 7) is 0.895. The van der Waals surface area contributed by atoms with Gasteiger partial charge in [-0.25, -0.2) is 8.78 Å². The fraction of sp³-hybridized carbons (Fsp3) is 0.286. The van der Waals surface area contributed by atoms with Gasteiger partial charge in [0.15, 0.2) is 11.6 Å². The molecule has 114 valence electrons. The largest absolute Gasteiger partial charge is 0.434 e. The molecule has 21 heavy (non-hydrogen) atoms. The number of rotatable bonds is 7. The van der Waals surface area contributed by atoms with E-state index in [2.05, 4.69) is 15.5 Å². The number of hydrogen-bond donors (Lipinski definition) is 2. The molecule has 0 spiro atoms. The molecule has 0 atom stereocenters. The summed E-state index contributed by atoms with van der Waals surface area (Å²) >= 11 is 0. The van der Waals surface area contributed by atoms with Gasteiger partial charge < -0.3 is 15.2 Å². The molecule has 1 aromatic heterocycles. The average Bonchev–Trinajstić information content (AvgIpc) is 2.49. The Morgan fingerprint density at radius 2 is 2.10 bits per heavy atom. The van der Waals surface area contributed by atoms with Crippen molar-refractivity contribution in [3.8, 4) is 11.6 Å². The molecule has 2 aromatic rings. The molecule has 0 bridgehead atoms. The van der Waals surface area contributed by atoms with Crippen molar-refractivity contribution >= 4 is 0 Å². The van der Waals surface area contributed by atoms with Crippen LogP contribution in [0.5, 0.6) is 11.6 Å². The number of aliphatic hydroxyl groups is 1. The zero-order chi connectivity index (χ0) is 15.1. The van der Waals surface area contributed by atoms with E-state index in [9.17, 15) is 8.78 Å². The van der Waals surface area contributed by atoms with Crippen molar-refractivity contribution in [3.05, 3.63) is 47.7 Å². The van der Waals surface area contributed by atoms with Crippen molar-refractivity contribution in [2.45, 2.75) is 6.42 Å². The molecule has 0 saturated carbocycles. The van der Waals surface area contributed by atoms with Crippen molar-refractivity contribution in [1.29, 1.82) is 0 Å². The molecule has 0 aliphatic heterocycles. The minimum atomic E-state index is -0.801. The summed E-state index contributed by atoms with van der Waals surface area (Å²) in [6, 6.07) is 5.22. The summed E-state index contributed by atoms with van der Waals surface area (Å²) in [5.41, 5.74) is 0.320. The Kier molecular flexibility index (Phi) is 5.53. The van der Waals surface area contributed by atoms with Gasteiger partial charge in [-0.2, -0.15) is 5.10 Å². The number of halogens is 2. The molecular formula is C14H17F2N3O2. The molecule has 0 saturated heterocycles. The molecule has 1 aromatic carbocycles. The minimum absolute atomic E-state index is 0. The van der Waals surface area contributed by atoms with E-state index < -0.39 is 11.6 Å². The standard InChI is InChI=1S/C14H15F2N3O2.H2/c15-11-9-12(16)13(21-14-2-1-4-18-19-14)8-10(11)3-5-17-6-7-20;/h1-2,4,8-9,17,20H,3,5-7H2;1H. The average molecular weight is 297 g/mol. The predicted molar refractivity (Wildman–Crippen MR) is 74.2 cm³/mol. The molecule has 0 fully saturated rings. The van der Waals surface area contributed by atoms with Crippen LogP contribution in [0.2, 0.25) is 0 Å². The van der Waals surface area contributed by atoms with Crippen LogP contribution in [0, 0.1) is 11.6 Å². The Labute approximate surface area is 122 Å². The second-order valence-electron chi connectivity index (χ2n) is 4.26. The highest BCUT2D eigenvalue weighted by atomic mass is 19.1. The van der Waals surface area contributed by atoms with Crippen molar-refractivity contribution in [2.75, 3.05) is 19.7 Å². The summed E-state index contributed by atoms with van der Waals surface area (Å²) in [5, 5.41) is 18.9. The van der Waals surface area contributed by atoms with E-state index >= 15 is 0 Å². The molecule has 5 nitrogen and oxygen atoms in total. The molecule has 2 rings (SSSR count). The Bertz CT molecular complexity index is 588. The van der Waals surface area contributed by atoms with Crippen LogP contribution in [0.15, 0.2) is 30.5 Å². The van der Waals surface area contributed by atoms with Crippen LogP contribution in [0.1, 0.15) is 6.99 Å². The quantitative estimate of drug-likeness (QED) is 0.764. The van der Waals surface area contributed by atoms with Crippen LogP contribution in [0.3, 0.4) is 0 Å². The number of nitrogens with zero attached hydrogens (tertiary/aromatic N) is 2. The van der Waals surface area contributed by atoms with Gasteiger partial charge in [-0.15, -0.1) is 5.10 Å². The molecule has 0 amide bonds. The van der Waals surface area contributed by atoms with E-state index in [4.69, 9.17) is 9.84 Å². The first-order valence-corrected chi connectivity index (χ1v) is 6.45. The number of aromatic nitrogens is 2. The summed E-state index contributed by atoms with van der Waals surface area (Å²) < 4.78 is 32.6. The van der Waals surface area contributed by atoms with Crippen molar-refractivity contribution < 1.29 is 20.1 Å². The van der Waals surface area contributed by atoms with Crippen LogP contribution in [0.25, 0.3) is 0 Å². The maximum Gasteiger partial charge on any atom is 0.238 e. The highest BCUT2D eigenvalue weighted by Crippen LogP contribution is 2.25. The van der Waals surface area contributed by atoms with Crippen LogP contribution in [0.4, 0.5) is 8.78 Å². The Hall–Kier alpha value is -2.12. The zero-order valence-electron chi connectivity index (χ0n) is 11.2. The summed E-state index contributed by atoms with van der Waals surface area (Å²) in [6.07, 6.45) is 1.81. The van der Waals surface area contributed by atoms with Gasteiger partial charge >= 0.3 is 0 Å². The molecular weight excluding hydrogens is 280 g/mol. The molecule has 0 aliphatic carbocycles. The van der Waals surface area contributed by atoms with Crippen LogP contribution in [-0.2, 0) is 6.42 Å². The highest BCUT2D eigenvalue weighted by Gasteiger charge is 2.12. The first-order valence-electron chi connectivity index (χ1n) is 6.45. The van der Waals surface area contributed by atoms with Gasteiger partial charge in [0.1, 0.15) is 5.82 Å². The fourth-order valence-electron chi connectivity index (χ4n) is 1.72. The number of benzene rings is 1.